The number of nitrogens with one attached hydrogen (secondary N) is 1. The second kappa shape index (κ2) is 13.7. The van der Waals surface area contributed by atoms with E-state index in [0.717, 1.165) is 66.1 Å². The molecule has 6 nitrogen and oxygen atoms in total. The van der Waals surface area contributed by atoms with Gasteiger partial charge in [-0.1, -0.05) is 54.1 Å². The maximum absolute atomic E-state index is 12.4. The Morgan fingerprint density at radius 3 is 2.66 bits per heavy atom. The third-order valence-corrected chi connectivity index (χ3v) is 6.62. The Bertz CT molecular complexity index is 1400. The number of nitrogens with zero attached hydrogens (tertiary/aromatic N) is 2. The number of rotatable bonds is 13. The van der Waals surface area contributed by atoms with Gasteiger partial charge in [-0.25, -0.2) is 4.98 Å². The number of aromatic nitrogens is 2. The number of amides is 1. The number of para-hydroxylation sites is 2. The minimum atomic E-state index is -0.155. The predicted octanol–water partition coefficient (Wildman–Crippen LogP) is 6.95. The van der Waals surface area contributed by atoms with Crippen LogP contribution >= 0.6 is 11.6 Å². The van der Waals surface area contributed by atoms with Crippen LogP contribution in [0.25, 0.3) is 17.1 Å². The summed E-state index contributed by atoms with van der Waals surface area (Å²) in [7, 11) is 1.66. The molecule has 198 valence electrons. The first kappa shape index (κ1) is 27.3. The zero-order valence-corrected chi connectivity index (χ0v) is 22.7. The lowest BCUT2D eigenvalue weighted by Gasteiger charge is -2.13. The Morgan fingerprint density at radius 2 is 1.84 bits per heavy atom. The molecule has 1 aromatic heterocycles. The Morgan fingerprint density at radius 1 is 1.03 bits per heavy atom. The number of methoxy groups -OCH3 is 1. The molecule has 1 N–H and O–H groups in total. The summed E-state index contributed by atoms with van der Waals surface area (Å²) in [5.74, 6) is 2.37. The van der Waals surface area contributed by atoms with Gasteiger partial charge in [0.1, 0.15) is 5.82 Å². The highest BCUT2D eigenvalue weighted by Crippen LogP contribution is 2.29. The number of carbonyl (C=O) groups is 1. The van der Waals surface area contributed by atoms with Crippen molar-refractivity contribution in [3.8, 4) is 11.5 Å². The van der Waals surface area contributed by atoms with Crippen molar-refractivity contribution in [3.05, 3.63) is 94.8 Å². The average molecular weight is 532 g/mol. The molecule has 38 heavy (non-hydrogen) atoms. The van der Waals surface area contributed by atoms with E-state index in [4.69, 9.17) is 26.1 Å². The van der Waals surface area contributed by atoms with Crippen molar-refractivity contribution >= 4 is 34.6 Å². The van der Waals surface area contributed by atoms with Gasteiger partial charge in [-0.2, -0.15) is 0 Å². The number of carbonyl (C=O) groups excluding carboxylic acids is 1. The molecule has 0 spiro atoms. The van der Waals surface area contributed by atoms with Crippen LogP contribution in [0.3, 0.4) is 0 Å². The Hall–Kier alpha value is -3.77. The van der Waals surface area contributed by atoms with Crippen molar-refractivity contribution in [1.82, 2.24) is 14.9 Å². The van der Waals surface area contributed by atoms with Gasteiger partial charge >= 0.3 is 0 Å². The Balaban J connectivity index is 1.30. The molecule has 0 fully saturated rings. The van der Waals surface area contributed by atoms with Crippen molar-refractivity contribution in [3.63, 3.8) is 0 Å². The van der Waals surface area contributed by atoms with Gasteiger partial charge < -0.3 is 19.4 Å². The standard InChI is InChI=1S/C31H34ClN3O3/c1-3-11-23-17-18-28(29(22-23)37-2)38-21-9-8-20-35-27-15-7-6-14-26(27)34-30(35)16-10-19-33-31(36)24-12-4-5-13-25(24)32/h3-7,11-15,17-18,22H,8-10,16,19-21H2,1-2H3,(H,33,36)/b11-3+. The Kier molecular flexibility index (Phi) is 9.82. The molecule has 0 aliphatic rings. The fraction of sp³-hybridized carbons (Fsp3) is 0.290. The zero-order chi connectivity index (χ0) is 26.7. The van der Waals surface area contributed by atoms with E-state index in [2.05, 4.69) is 16.0 Å². The SMILES string of the molecule is C/C=C/c1ccc(OCCCCn2c(CCCNC(=O)c3ccccc3Cl)nc3ccccc32)c(OC)c1. The maximum Gasteiger partial charge on any atom is 0.252 e. The van der Waals surface area contributed by atoms with Gasteiger partial charge in [-0.3, -0.25) is 4.79 Å². The van der Waals surface area contributed by atoms with E-state index in [1.54, 1.807) is 19.2 Å². The molecule has 4 rings (SSSR count). The number of ether oxygens (including phenoxy) is 2. The van der Waals surface area contributed by atoms with E-state index in [-0.39, 0.29) is 5.91 Å². The number of aryl methyl sites for hydroxylation is 2. The largest absolute Gasteiger partial charge is 0.493 e. The van der Waals surface area contributed by atoms with Crippen molar-refractivity contribution in [2.24, 2.45) is 0 Å². The summed E-state index contributed by atoms with van der Waals surface area (Å²) < 4.78 is 13.8. The van der Waals surface area contributed by atoms with Crippen molar-refractivity contribution in [2.45, 2.75) is 39.2 Å². The van der Waals surface area contributed by atoms with Gasteiger partial charge in [0.2, 0.25) is 0 Å². The average Bonchev–Trinajstić information content (AvgIpc) is 3.29. The number of hydrogen-bond acceptors (Lipinski definition) is 4. The lowest BCUT2D eigenvalue weighted by molar-refractivity contribution is 0.0953. The van der Waals surface area contributed by atoms with Crippen molar-refractivity contribution < 1.29 is 14.3 Å². The molecule has 3 aromatic carbocycles. The van der Waals surface area contributed by atoms with Crippen LogP contribution in [0.4, 0.5) is 0 Å². The van der Waals surface area contributed by atoms with E-state index in [1.165, 1.54) is 0 Å². The highest BCUT2D eigenvalue weighted by molar-refractivity contribution is 6.33. The fourth-order valence-electron chi connectivity index (χ4n) is 4.41. The van der Waals surface area contributed by atoms with Crippen molar-refractivity contribution in [1.29, 1.82) is 0 Å². The smallest absolute Gasteiger partial charge is 0.252 e. The highest BCUT2D eigenvalue weighted by atomic mass is 35.5. The highest BCUT2D eigenvalue weighted by Gasteiger charge is 2.12. The monoisotopic (exact) mass is 531 g/mol. The number of imidazole rings is 1. The van der Waals surface area contributed by atoms with Gasteiger partial charge in [-0.15, -0.1) is 0 Å². The summed E-state index contributed by atoms with van der Waals surface area (Å²) in [5, 5.41) is 3.43. The summed E-state index contributed by atoms with van der Waals surface area (Å²) in [6, 6.07) is 21.3. The zero-order valence-electron chi connectivity index (χ0n) is 22.0. The van der Waals surface area contributed by atoms with Crippen LogP contribution in [0.15, 0.2) is 72.8 Å². The number of hydrogen-bond donors (Lipinski definition) is 1. The van der Waals surface area contributed by atoms with Gasteiger partial charge in [-0.05, 0) is 68.1 Å². The number of benzene rings is 3. The summed E-state index contributed by atoms with van der Waals surface area (Å²) in [4.78, 5) is 17.3. The third-order valence-electron chi connectivity index (χ3n) is 6.30. The minimum absolute atomic E-state index is 0.155. The normalized spacial score (nSPS) is 11.2. The third kappa shape index (κ3) is 6.95. The van der Waals surface area contributed by atoms with Crippen LogP contribution in [0.5, 0.6) is 11.5 Å². The summed E-state index contributed by atoms with van der Waals surface area (Å²) >= 11 is 6.14. The topological polar surface area (TPSA) is 65.4 Å². The molecule has 0 bridgehead atoms. The van der Waals surface area contributed by atoms with Gasteiger partial charge in [0.15, 0.2) is 11.5 Å². The van der Waals surface area contributed by atoms with Gasteiger partial charge in [0, 0.05) is 19.5 Å². The van der Waals surface area contributed by atoms with E-state index in [0.29, 0.717) is 23.7 Å². The van der Waals surface area contributed by atoms with Crippen molar-refractivity contribution in [2.75, 3.05) is 20.3 Å². The second-order valence-electron chi connectivity index (χ2n) is 8.97. The first-order chi connectivity index (χ1) is 18.6. The van der Waals surface area contributed by atoms with Crippen LogP contribution in [0, 0.1) is 0 Å². The van der Waals surface area contributed by atoms with E-state index < -0.39 is 0 Å². The predicted molar refractivity (Wildman–Crippen MR) is 154 cm³/mol. The molecular formula is C31H34ClN3O3. The number of fused-ring (bicyclic) bond motifs is 1. The molecule has 7 heteroatoms. The van der Waals surface area contributed by atoms with Crippen LogP contribution in [0.2, 0.25) is 5.02 Å². The second-order valence-corrected chi connectivity index (χ2v) is 9.38. The molecule has 0 aliphatic carbocycles. The molecule has 1 amide bonds. The molecule has 0 unspecified atom stereocenters. The van der Waals surface area contributed by atoms with Crippen LogP contribution < -0.4 is 14.8 Å². The minimum Gasteiger partial charge on any atom is -0.493 e. The summed E-state index contributed by atoms with van der Waals surface area (Å²) in [5.41, 5.74) is 3.70. The number of unbranched alkanes of at least 4 members (excludes halogenated alkanes) is 1. The molecule has 0 aliphatic heterocycles. The molecular weight excluding hydrogens is 498 g/mol. The quantitative estimate of drug-likeness (QED) is 0.189. The maximum atomic E-state index is 12.4. The first-order valence-electron chi connectivity index (χ1n) is 13.0. The molecule has 0 radical (unpaired) electrons. The Labute approximate surface area is 229 Å². The lowest BCUT2D eigenvalue weighted by atomic mass is 10.2. The van der Waals surface area contributed by atoms with E-state index in [9.17, 15) is 4.79 Å². The number of allylic oxidation sites excluding steroid dienone is 1. The molecule has 0 saturated heterocycles. The van der Waals surface area contributed by atoms with E-state index >= 15 is 0 Å². The molecule has 4 aromatic rings. The lowest BCUT2D eigenvalue weighted by Crippen LogP contribution is -2.25. The number of halogens is 1. The molecule has 1 heterocycles. The van der Waals surface area contributed by atoms with Crippen LogP contribution in [-0.4, -0.2) is 35.7 Å². The molecule has 0 saturated carbocycles. The van der Waals surface area contributed by atoms with Crippen LogP contribution in [-0.2, 0) is 13.0 Å². The van der Waals surface area contributed by atoms with Gasteiger partial charge in [0.05, 0.1) is 35.3 Å². The van der Waals surface area contributed by atoms with Crippen LogP contribution in [0.1, 0.15) is 47.9 Å². The first-order valence-corrected chi connectivity index (χ1v) is 13.4. The van der Waals surface area contributed by atoms with E-state index in [1.807, 2.05) is 67.6 Å². The summed E-state index contributed by atoms with van der Waals surface area (Å²) in [6.07, 6.45) is 7.44. The fourth-order valence-corrected chi connectivity index (χ4v) is 4.63. The summed E-state index contributed by atoms with van der Waals surface area (Å²) in [6.45, 7) is 4.00. The van der Waals surface area contributed by atoms with Gasteiger partial charge in [0.25, 0.3) is 5.91 Å². The molecule has 0 atom stereocenters.